The number of rotatable bonds is 8. The SMILES string of the molecule is C=C[C@H](O[Si](C)(C)C(C)(C)C)[C@H](CCC#Cc1ccccc1)O[Si](C)(C)C(C)(C)C. The highest BCUT2D eigenvalue weighted by Gasteiger charge is 2.43. The first-order valence-corrected chi connectivity index (χ1v) is 16.9. The summed E-state index contributed by atoms with van der Waals surface area (Å²) in [5.41, 5.74) is 1.05. The molecule has 0 saturated carbocycles. The molecule has 0 N–H and O–H groups in total. The van der Waals surface area contributed by atoms with Crippen LogP contribution in [0.1, 0.15) is 59.9 Å². The van der Waals surface area contributed by atoms with Crippen LogP contribution in [-0.2, 0) is 8.85 Å². The smallest absolute Gasteiger partial charge is 0.193 e. The third-order valence-corrected chi connectivity index (χ3v) is 15.6. The summed E-state index contributed by atoms with van der Waals surface area (Å²) in [5.74, 6) is 6.61. The molecule has 0 heterocycles. The minimum atomic E-state index is -1.95. The van der Waals surface area contributed by atoms with Gasteiger partial charge < -0.3 is 8.85 Å². The van der Waals surface area contributed by atoms with Crippen LogP contribution in [-0.4, -0.2) is 28.8 Å². The van der Waals surface area contributed by atoms with Gasteiger partial charge in [0.05, 0.1) is 12.2 Å². The van der Waals surface area contributed by atoms with E-state index >= 15 is 0 Å². The minimum absolute atomic E-state index is 0.0254. The van der Waals surface area contributed by atoms with Gasteiger partial charge >= 0.3 is 0 Å². The Kier molecular flexibility index (Phi) is 9.38. The van der Waals surface area contributed by atoms with Gasteiger partial charge in [0, 0.05) is 12.0 Å². The second-order valence-corrected chi connectivity index (χ2v) is 20.7. The molecule has 0 radical (unpaired) electrons. The van der Waals surface area contributed by atoms with Gasteiger partial charge in [-0.1, -0.05) is 77.7 Å². The molecule has 1 rings (SSSR count). The Balaban J connectivity index is 3.06. The van der Waals surface area contributed by atoms with Crippen LogP contribution in [0.2, 0.25) is 36.3 Å². The van der Waals surface area contributed by atoms with Gasteiger partial charge in [0.15, 0.2) is 16.6 Å². The highest BCUT2D eigenvalue weighted by Crippen LogP contribution is 2.41. The molecule has 0 spiro atoms. The fraction of sp³-hybridized carbons (Fsp3) is 0.615. The summed E-state index contributed by atoms with van der Waals surface area (Å²) in [6, 6.07) is 10.1. The molecule has 0 amide bonds. The first kappa shape index (κ1) is 26.9. The first-order chi connectivity index (χ1) is 13.6. The lowest BCUT2D eigenvalue weighted by Gasteiger charge is -2.44. The average Bonchev–Trinajstić information content (AvgIpc) is 2.61. The van der Waals surface area contributed by atoms with Crippen LogP contribution in [0.5, 0.6) is 0 Å². The van der Waals surface area contributed by atoms with Crippen LogP contribution in [0, 0.1) is 11.8 Å². The largest absolute Gasteiger partial charge is 0.411 e. The molecular weight excluding hydrogens is 400 g/mol. The minimum Gasteiger partial charge on any atom is -0.411 e. The maximum atomic E-state index is 6.86. The maximum Gasteiger partial charge on any atom is 0.193 e. The first-order valence-electron chi connectivity index (χ1n) is 11.1. The van der Waals surface area contributed by atoms with E-state index in [9.17, 15) is 0 Å². The van der Waals surface area contributed by atoms with Crippen molar-refractivity contribution in [2.45, 2.75) is 103 Å². The lowest BCUT2D eigenvalue weighted by Crippen LogP contribution is -2.51. The van der Waals surface area contributed by atoms with Crippen molar-refractivity contribution in [2.24, 2.45) is 0 Å². The predicted octanol–water partition coefficient (Wildman–Crippen LogP) is 7.79. The molecule has 4 heteroatoms. The molecule has 0 aliphatic carbocycles. The predicted molar refractivity (Wildman–Crippen MR) is 137 cm³/mol. The summed E-state index contributed by atoms with van der Waals surface area (Å²) in [7, 11) is -3.90. The van der Waals surface area contributed by atoms with Crippen LogP contribution in [0.3, 0.4) is 0 Å². The highest BCUT2D eigenvalue weighted by molar-refractivity contribution is 6.74. The average molecular weight is 445 g/mol. The van der Waals surface area contributed by atoms with Gasteiger partial charge in [-0.15, -0.1) is 6.58 Å². The van der Waals surface area contributed by atoms with Crippen molar-refractivity contribution < 1.29 is 8.85 Å². The molecule has 0 aromatic heterocycles. The van der Waals surface area contributed by atoms with E-state index in [4.69, 9.17) is 8.85 Å². The van der Waals surface area contributed by atoms with Crippen molar-refractivity contribution in [3.05, 3.63) is 48.6 Å². The summed E-state index contributed by atoms with van der Waals surface area (Å²) in [6.07, 6.45) is 3.43. The van der Waals surface area contributed by atoms with E-state index in [-0.39, 0.29) is 22.3 Å². The van der Waals surface area contributed by atoms with Gasteiger partial charge in [0.25, 0.3) is 0 Å². The van der Waals surface area contributed by atoms with E-state index in [1.54, 1.807) is 0 Å². The Morgan fingerprint density at radius 3 is 1.87 bits per heavy atom. The lowest BCUT2D eigenvalue weighted by atomic mass is 10.1. The Bertz CT molecular complexity index is 728. The molecule has 30 heavy (non-hydrogen) atoms. The monoisotopic (exact) mass is 444 g/mol. The Morgan fingerprint density at radius 2 is 1.40 bits per heavy atom. The second kappa shape index (κ2) is 10.5. The van der Waals surface area contributed by atoms with Crippen molar-refractivity contribution in [3.8, 4) is 11.8 Å². The maximum absolute atomic E-state index is 6.86. The topological polar surface area (TPSA) is 18.5 Å². The molecule has 0 aliphatic rings. The quantitative estimate of drug-likeness (QED) is 0.231. The fourth-order valence-corrected chi connectivity index (χ4v) is 5.18. The van der Waals surface area contributed by atoms with Crippen molar-refractivity contribution in [1.82, 2.24) is 0 Å². The van der Waals surface area contributed by atoms with E-state index in [1.807, 2.05) is 36.4 Å². The molecule has 0 saturated heterocycles. The molecular formula is C26H44O2Si2. The Morgan fingerprint density at radius 1 is 0.900 bits per heavy atom. The van der Waals surface area contributed by atoms with Crippen LogP contribution in [0.15, 0.2) is 43.0 Å². The molecule has 2 nitrogen and oxygen atoms in total. The third-order valence-electron chi connectivity index (χ3n) is 6.65. The molecule has 1 aromatic carbocycles. The molecule has 0 bridgehead atoms. The van der Waals surface area contributed by atoms with Crippen LogP contribution in [0.4, 0.5) is 0 Å². The summed E-state index contributed by atoms with van der Waals surface area (Å²) < 4.78 is 13.6. The summed E-state index contributed by atoms with van der Waals surface area (Å²) in [4.78, 5) is 0. The van der Waals surface area contributed by atoms with E-state index < -0.39 is 16.6 Å². The molecule has 0 fully saturated rings. The number of hydrogen-bond donors (Lipinski definition) is 0. The van der Waals surface area contributed by atoms with Gasteiger partial charge in [-0.2, -0.15) is 0 Å². The summed E-state index contributed by atoms with van der Waals surface area (Å²) >= 11 is 0. The summed E-state index contributed by atoms with van der Waals surface area (Å²) in [6.45, 7) is 27.0. The molecule has 0 unspecified atom stereocenters. The van der Waals surface area contributed by atoms with Crippen molar-refractivity contribution >= 4 is 16.6 Å². The molecule has 0 aliphatic heterocycles. The zero-order chi connectivity index (χ0) is 23.2. The third kappa shape index (κ3) is 7.85. The molecule has 168 valence electrons. The zero-order valence-electron chi connectivity index (χ0n) is 21.1. The van der Waals surface area contributed by atoms with Crippen molar-refractivity contribution in [2.75, 3.05) is 0 Å². The van der Waals surface area contributed by atoms with E-state index in [0.717, 1.165) is 18.4 Å². The normalized spacial score (nSPS) is 15.1. The van der Waals surface area contributed by atoms with Crippen LogP contribution in [0.25, 0.3) is 0 Å². The number of benzene rings is 1. The summed E-state index contributed by atoms with van der Waals surface area (Å²) in [5, 5.41) is 0.284. The van der Waals surface area contributed by atoms with Crippen molar-refractivity contribution in [1.29, 1.82) is 0 Å². The van der Waals surface area contributed by atoms with Crippen molar-refractivity contribution in [3.63, 3.8) is 0 Å². The Labute approximate surface area is 188 Å². The number of hydrogen-bond acceptors (Lipinski definition) is 2. The fourth-order valence-electron chi connectivity index (χ4n) is 2.54. The second-order valence-electron chi connectivity index (χ2n) is 11.2. The van der Waals surface area contributed by atoms with Gasteiger partial charge in [0.1, 0.15) is 0 Å². The van der Waals surface area contributed by atoms with Gasteiger partial charge in [-0.25, -0.2) is 0 Å². The zero-order valence-corrected chi connectivity index (χ0v) is 23.1. The van der Waals surface area contributed by atoms with Crippen LogP contribution < -0.4 is 0 Å². The molecule has 1 aromatic rings. The lowest BCUT2D eigenvalue weighted by molar-refractivity contribution is 0.0589. The van der Waals surface area contributed by atoms with Gasteiger partial charge in [0.2, 0.25) is 0 Å². The van der Waals surface area contributed by atoms with E-state index in [1.165, 1.54) is 0 Å². The van der Waals surface area contributed by atoms with Crippen LogP contribution >= 0.6 is 0 Å². The van der Waals surface area contributed by atoms with E-state index in [0.29, 0.717) is 0 Å². The Hall–Kier alpha value is -1.13. The van der Waals surface area contributed by atoms with Gasteiger partial charge in [-0.05, 0) is 54.8 Å². The standard InChI is InChI=1S/C26H44O2Si2/c1-12-23(27-29(8,9)25(2,3)4)24(28-30(10,11)26(5,6)7)21-17-16-20-22-18-14-13-15-19-22/h12-15,18-19,23-24H,1,17,21H2,2-11H3/t23-,24-/m0/s1. The van der Waals surface area contributed by atoms with Gasteiger partial charge in [-0.3, -0.25) is 0 Å². The highest BCUT2D eigenvalue weighted by atomic mass is 28.4. The molecule has 2 atom stereocenters. The van der Waals surface area contributed by atoms with E-state index in [2.05, 4.69) is 86.2 Å².